The van der Waals surface area contributed by atoms with Gasteiger partial charge in [0.05, 0.1) is 12.7 Å². The Bertz CT molecular complexity index is 444. The number of hydrogen-bond acceptors (Lipinski definition) is 4. The molecule has 0 aromatic heterocycles. The SMILES string of the molecule is CCNC(C)c1ccc(OCC(C)(O)C(C)C)c(OC)c1. The highest BCUT2D eigenvalue weighted by atomic mass is 16.5. The fraction of sp³-hybridized carbons (Fsp3) is 0.647. The average molecular weight is 295 g/mol. The van der Waals surface area contributed by atoms with Crippen LogP contribution in [0.5, 0.6) is 11.5 Å². The Labute approximate surface area is 128 Å². The van der Waals surface area contributed by atoms with E-state index in [-0.39, 0.29) is 18.6 Å². The molecule has 21 heavy (non-hydrogen) atoms. The van der Waals surface area contributed by atoms with E-state index in [1.807, 2.05) is 32.0 Å². The van der Waals surface area contributed by atoms with Crippen LogP contribution in [-0.4, -0.2) is 31.0 Å². The predicted molar refractivity (Wildman–Crippen MR) is 86.0 cm³/mol. The summed E-state index contributed by atoms with van der Waals surface area (Å²) >= 11 is 0. The Morgan fingerprint density at radius 1 is 1.24 bits per heavy atom. The van der Waals surface area contributed by atoms with Crippen LogP contribution in [0, 0.1) is 5.92 Å². The van der Waals surface area contributed by atoms with Gasteiger partial charge in [0.25, 0.3) is 0 Å². The molecular formula is C17H29NO3. The third kappa shape index (κ3) is 4.90. The molecule has 0 heterocycles. The Morgan fingerprint density at radius 2 is 1.90 bits per heavy atom. The van der Waals surface area contributed by atoms with Crippen molar-refractivity contribution in [2.24, 2.45) is 5.92 Å². The summed E-state index contributed by atoms with van der Waals surface area (Å²) < 4.78 is 11.2. The Hall–Kier alpha value is -1.26. The maximum Gasteiger partial charge on any atom is 0.161 e. The number of nitrogens with one attached hydrogen (secondary N) is 1. The first-order valence-electron chi connectivity index (χ1n) is 7.58. The molecule has 0 saturated heterocycles. The number of hydrogen-bond donors (Lipinski definition) is 2. The van der Waals surface area contributed by atoms with E-state index < -0.39 is 5.60 Å². The first-order chi connectivity index (χ1) is 9.81. The predicted octanol–water partition coefficient (Wildman–Crippen LogP) is 3.15. The van der Waals surface area contributed by atoms with Crippen LogP contribution in [-0.2, 0) is 0 Å². The lowest BCUT2D eigenvalue weighted by atomic mass is 9.94. The molecule has 0 aliphatic rings. The van der Waals surface area contributed by atoms with Gasteiger partial charge in [-0.15, -0.1) is 0 Å². The van der Waals surface area contributed by atoms with Crippen molar-refractivity contribution in [3.05, 3.63) is 23.8 Å². The summed E-state index contributed by atoms with van der Waals surface area (Å²) in [5.41, 5.74) is 0.289. The van der Waals surface area contributed by atoms with E-state index in [1.54, 1.807) is 14.0 Å². The van der Waals surface area contributed by atoms with Crippen molar-refractivity contribution in [3.63, 3.8) is 0 Å². The van der Waals surface area contributed by atoms with Gasteiger partial charge in [0.1, 0.15) is 6.61 Å². The van der Waals surface area contributed by atoms with Crippen LogP contribution < -0.4 is 14.8 Å². The number of aliphatic hydroxyl groups is 1. The third-order valence-electron chi connectivity index (χ3n) is 3.96. The molecule has 1 aromatic carbocycles. The number of methoxy groups -OCH3 is 1. The van der Waals surface area contributed by atoms with E-state index in [4.69, 9.17) is 9.47 Å². The smallest absolute Gasteiger partial charge is 0.161 e. The highest BCUT2D eigenvalue weighted by Gasteiger charge is 2.26. The first-order valence-corrected chi connectivity index (χ1v) is 7.58. The fourth-order valence-electron chi connectivity index (χ4n) is 1.89. The first kappa shape index (κ1) is 17.8. The van der Waals surface area contributed by atoms with Crippen LogP contribution in [0.2, 0.25) is 0 Å². The van der Waals surface area contributed by atoms with E-state index >= 15 is 0 Å². The average Bonchev–Trinajstić information content (AvgIpc) is 2.45. The molecule has 0 saturated carbocycles. The molecule has 0 fully saturated rings. The normalized spacial score (nSPS) is 15.6. The monoisotopic (exact) mass is 295 g/mol. The molecule has 1 rings (SSSR count). The molecule has 2 unspecified atom stereocenters. The van der Waals surface area contributed by atoms with Gasteiger partial charge in [-0.1, -0.05) is 26.8 Å². The number of benzene rings is 1. The maximum atomic E-state index is 10.3. The molecule has 120 valence electrons. The summed E-state index contributed by atoms with van der Waals surface area (Å²) in [6.45, 7) is 11.1. The van der Waals surface area contributed by atoms with Gasteiger partial charge in [0.2, 0.25) is 0 Å². The van der Waals surface area contributed by atoms with Crippen LogP contribution in [0.3, 0.4) is 0 Å². The number of rotatable bonds is 8. The molecule has 0 aliphatic heterocycles. The quantitative estimate of drug-likeness (QED) is 0.773. The summed E-state index contributed by atoms with van der Waals surface area (Å²) in [5, 5.41) is 13.6. The molecule has 0 radical (unpaired) electrons. The van der Waals surface area contributed by atoms with Crippen molar-refractivity contribution in [2.75, 3.05) is 20.3 Å². The van der Waals surface area contributed by atoms with E-state index in [9.17, 15) is 5.11 Å². The second-order valence-corrected chi connectivity index (χ2v) is 5.99. The third-order valence-corrected chi connectivity index (χ3v) is 3.96. The standard InChI is InChI=1S/C17H29NO3/c1-7-18-13(4)14-8-9-15(16(10-14)20-6)21-11-17(5,19)12(2)3/h8-10,12-13,18-19H,7,11H2,1-6H3. The van der Waals surface area contributed by atoms with Crippen LogP contribution in [0.15, 0.2) is 18.2 Å². The number of ether oxygens (including phenoxy) is 2. The van der Waals surface area contributed by atoms with Crippen molar-refractivity contribution in [1.29, 1.82) is 0 Å². The molecule has 0 spiro atoms. The highest BCUT2D eigenvalue weighted by Crippen LogP contribution is 2.31. The minimum absolute atomic E-state index is 0.122. The molecule has 1 aromatic rings. The lowest BCUT2D eigenvalue weighted by Crippen LogP contribution is -2.37. The van der Waals surface area contributed by atoms with Crippen molar-refractivity contribution in [3.8, 4) is 11.5 Å². The van der Waals surface area contributed by atoms with Crippen LogP contribution >= 0.6 is 0 Å². The van der Waals surface area contributed by atoms with Crippen molar-refractivity contribution < 1.29 is 14.6 Å². The molecule has 2 atom stereocenters. The van der Waals surface area contributed by atoms with Crippen LogP contribution in [0.4, 0.5) is 0 Å². The molecule has 4 heteroatoms. The second-order valence-electron chi connectivity index (χ2n) is 5.99. The van der Waals surface area contributed by atoms with E-state index in [0.29, 0.717) is 11.5 Å². The van der Waals surface area contributed by atoms with Crippen molar-refractivity contribution >= 4 is 0 Å². The van der Waals surface area contributed by atoms with Gasteiger partial charge in [-0.05, 0) is 44.0 Å². The Balaban J connectivity index is 2.84. The van der Waals surface area contributed by atoms with Crippen molar-refractivity contribution in [2.45, 2.75) is 46.3 Å². The molecule has 2 N–H and O–H groups in total. The molecule has 0 amide bonds. The van der Waals surface area contributed by atoms with Gasteiger partial charge in [-0.25, -0.2) is 0 Å². The summed E-state index contributed by atoms with van der Waals surface area (Å²) in [4.78, 5) is 0. The fourth-order valence-corrected chi connectivity index (χ4v) is 1.89. The van der Waals surface area contributed by atoms with Crippen molar-refractivity contribution in [1.82, 2.24) is 5.32 Å². The largest absolute Gasteiger partial charge is 0.493 e. The van der Waals surface area contributed by atoms with Gasteiger partial charge >= 0.3 is 0 Å². The van der Waals surface area contributed by atoms with Gasteiger partial charge in [-0.3, -0.25) is 0 Å². The Morgan fingerprint density at radius 3 is 2.43 bits per heavy atom. The van der Waals surface area contributed by atoms with E-state index in [2.05, 4.69) is 19.2 Å². The minimum atomic E-state index is -0.860. The summed E-state index contributed by atoms with van der Waals surface area (Å²) in [6, 6.07) is 6.16. The van der Waals surface area contributed by atoms with Crippen LogP contribution in [0.25, 0.3) is 0 Å². The minimum Gasteiger partial charge on any atom is -0.493 e. The van der Waals surface area contributed by atoms with E-state index in [0.717, 1.165) is 12.1 Å². The summed E-state index contributed by atoms with van der Waals surface area (Å²) in [6.07, 6.45) is 0. The maximum absolute atomic E-state index is 10.3. The lowest BCUT2D eigenvalue weighted by molar-refractivity contribution is -0.0271. The Kier molecular flexibility index (Phi) is 6.49. The zero-order valence-electron chi connectivity index (χ0n) is 14.1. The topological polar surface area (TPSA) is 50.7 Å². The van der Waals surface area contributed by atoms with Gasteiger partial charge < -0.3 is 19.9 Å². The molecule has 0 aliphatic carbocycles. The molecule has 4 nitrogen and oxygen atoms in total. The molecule has 0 bridgehead atoms. The van der Waals surface area contributed by atoms with Crippen LogP contribution in [0.1, 0.15) is 46.2 Å². The lowest BCUT2D eigenvalue weighted by Gasteiger charge is -2.28. The van der Waals surface area contributed by atoms with Gasteiger partial charge in [-0.2, -0.15) is 0 Å². The molecular weight excluding hydrogens is 266 g/mol. The highest BCUT2D eigenvalue weighted by molar-refractivity contribution is 5.43. The summed E-state index contributed by atoms with van der Waals surface area (Å²) in [7, 11) is 1.63. The zero-order chi connectivity index (χ0) is 16.0. The van der Waals surface area contributed by atoms with Gasteiger partial charge in [0, 0.05) is 6.04 Å². The van der Waals surface area contributed by atoms with Gasteiger partial charge in [0.15, 0.2) is 11.5 Å². The summed E-state index contributed by atoms with van der Waals surface area (Å²) in [5.74, 6) is 1.47. The second kappa shape index (κ2) is 7.66. The zero-order valence-corrected chi connectivity index (χ0v) is 14.1. The van der Waals surface area contributed by atoms with E-state index in [1.165, 1.54) is 0 Å².